The minimum absolute atomic E-state index is 0.129. The van der Waals surface area contributed by atoms with Crippen molar-refractivity contribution in [3.05, 3.63) is 53.1 Å². The highest BCUT2D eigenvalue weighted by Crippen LogP contribution is 2.26. The number of carbonyl (C=O) groups is 1. The SMILES string of the molecule is COc1cc(N)ccc1NC(=O)Cc1ccc(Cl)cc1. The van der Waals surface area contributed by atoms with Crippen LogP contribution in [0, 0.1) is 0 Å². The Morgan fingerprint density at radius 2 is 1.95 bits per heavy atom. The van der Waals surface area contributed by atoms with Crippen LogP contribution in [-0.4, -0.2) is 13.0 Å². The molecule has 1 amide bonds. The minimum Gasteiger partial charge on any atom is -0.494 e. The summed E-state index contributed by atoms with van der Waals surface area (Å²) in [5.74, 6) is 0.407. The van der Waals surface area contributed by atoms with Gasteiger partial charge in [-0.05, 0) is 29.8 Å². The van der Waals surface area contributed by atoms with E-state index in [4.69, 9.17) is 22.1 Å². The Hall–Kier alpha value is -2.20. The van der Waals surface area contributed by atoms with Gasteiger partial charge in [-0.3, -0.25) is 4.79 Å². The summed E-state index contributed by atoms with van der Waals surface area (Å²) >= 11 is 5.80. The predicted octanol–water partition coefficient (Wildman–Crippen LogP) is 3.11. The summed E-state index contributed by atoms with van der Waals surface area (Å²) in [6.45, 7) is 0. The Bertz CT molecular complexity index is 612. The molecule has 0 atom stereocenters. The summed E-state index contributed by atoms with van der Waals surface area (Å²) in [4.78, 5) is 12.0. The molecule has 3 N–H and O–H groups in total. The van der Waals surface area contributed by atoms with Crippen LogP contribution in [0.2, 0.25) is 5.02 Å². The molecule has 0 aliphatic carbocycles. The highest BCUT2D eigenvalue weighted by molar-refractivity contribution is 6.30. The molecule has 2 aromatic carbocycles. The van der Waals surface area contributed by atoms with Crippen molar-refractivity contribution < 1.29 is 9.53 Å². The van der Waals surface area contributed by atoms with Crippen molar-refractivity contribution in [2.24, 2.45) is 0 Å². The number of nitrogen functional groups attached to an aromatic ring is 1. The van der Waals surface area contributed by atoms with Crippen molar-refractivity contribution >= 4 is 28.9 Å². The first-order chi connectivity index (χ1) is 9.58. The Labute approximate surface area is 122 Å². The topological polar surface area (TPSA) is 64.3 Å². The second kappa shape index (κ2) is 6.30. The number of nitrogens with two attached hydrogens (primary N) is 1. The van der Waals surface area contributed by atoms with E-state index in [2.05, 4.69) is 5.32 Å². The predicted molar refractivity (Wildman–Crippen MR) is 81.2 cm³/mol. The summed E-state index contributed by atoms with van der Waals surface area (Å²) < 4.78 is 5.18. The fourth-order valence-corrected chi connectivity index (χ4v) is 1.92. The van der Waals surface area contributed by atoms with Crippen molar-refractivity contribution in [2.75, 3.05) is 18.2 Å². The zero-order chi connectivity index (χ0) is 14.5. The summed E-state index contributed by atoms with van der Waals surface area (Å²) in [5, 5.41) is 3.45. The van der Waals surface area contributed by atoms with Crippen molar-refractivity contribution in [3.63, 3.8) is 0 Å². The zero-order valence-electron chi connectivity index (χ0n) is 11.0. The molecular weight excluding hydrogens is 276 g/mol. The van der Waals surface area contributed by atoms with Gasteiger partial charge in [-0.25, -0.2) is 0 Å². The van der Waals surface area contributed by atoms with Crippen LogP contribution in [0.1, 0.15) is 5.56 Å². The van der Waals surface area contributed by atoms with Gasteiger partial charge in [0.2, 0.25) is 5.91 Å². The Morgan fingerprint density at radius 1 is 1.25 bits per heavy atom. The molecule has 0 heterocycles. The third-order valence-corrected chi connectivity index (χ3v) is 3.03. The number of methoxy groups -OCH3 is 1. The number of anilines is 2. The van der Waals surface area contributed by atoms with Crippen molar-refractivity contribution in [1.82, 2.24) is 0 Å². The maximum Gasteiger partial charge on any atom is 0.228 e. The number of ether oxygens (including phenoxy) is 1. The van der Waals surface area contributed by atoms with E-state index >= 15 is 0 Å². The first-order valence-electron chi connectivity index (χ1n) is 6.06. The van der Waals surface area contributed by atoms with E-state index in [9.17, 15) is 4.79 Å². The molecule has 4 nitrogen and oxygen atoms in total. The summed E-state index contributed by atoms with van der Waals surface area (Å²) in [6, 6.07) is 12.2. The third-order valence-electron chi connectivity index (χ3n) is 2.78. The van der Waals surface area contributed by atoms with Crippen molar-refractivity contribution in [3.8, 4) is 5.75 Å². The van der Waals surface area contributed by atoms with E-state index in [1.54, 1.807) is 30.3 Å². The van der Waals surface area contributed by atoms with E-state index < -0.39 is 0 Å². The number of benzene rings is 2. The van der Waals surface area contributed by atoms with Gasteiger partial charge < -0.3 is 15.8 Å². The minimum atomic E-state index is -0.129. The van der Waals surface area contributed by atoms with E-state index in [0.717, 1.165) is 5.56 Å². The highest BCUT2D eigenvalue weighted by Gasteiger charge is 2.08. The fraction of sp³-hybridized carbons (Fsp3) is 0.133. The van der Waals surface area contributed by atoms with E-state index in [-0.39, 0.29) is 12.3 Å². The lowest BCUT2D eigenvalue weighted by Gasteiger charge is -2.10. The van der Waals surface area contributed by atoms with Gasteiger partial charge in [-0.1, -0.05) is 23.7 Å². The van der Waals surface area contributed by atoms with Gasteiger partial charge in [0.1, 0.15) is 5.75 Å². The molecule has 0 aliphatic rings. The average molecular weight is 291 g/mol. The quantitative estimate of drug-likeness (QED) is 0.850. The number of hydrogen-bond acceptors (Lipinski definition) is 3. The fourth-order valence-electron chi connectivity index (χ4n) is 1.79. The van der Waals surface area contributed by atoms with Crippen LogP contribution < -0.4 is 15.8 Å². The van der Waals surface area contributed by atoms with E-state index in [0.29, 0.717) is 22.1 Å². The lowest BCUT2D eigenvalue weighted by molar-refractivity contribution is -0.115. The molecular formula is C15H15ClN2O2. The van der Waals surface area contributed by atoms with Gasteiger partial charge in [0, 0.05) is 16.8 Å². The van der Waals surface area contributed by atoms with Crippen molar-refractivity contribution in [1.29, 1.82) is 0 Å². The first-order valence-corrected chi connectivity index (χ1v) is 6.44. The van der Waals surface area contributed by atoms with Crippen LogP contribution >= 0.6 is 11.6 Å². The van der Waals surface area contributed by atoms with Crippen LogP contribution in [0.4, 0.5) is 11.4 Å². The van der Waals surface area contributed by atoms with Gasteiger partial charge in [0.15, 0.2) is 0 Å². The second-order valence-corrected chi connectivity index (χ2v) is 4.75. The second-order valence-electron chi connectivity index (χ2n) is 4.31. The Kier molecular flexibility index (Phi) is 4.48. The number of hydrogen-bond donors (Lipinski definition) is 2. The molecule has 0 radical (unpaired) electrons. The maximum absolute atomic E-state index is 12.0. The molecule has 0 saturated heterocycles. The lowest BCUT2D eigenvalue weighted by atomic mass is 10.1. The molecule has 2 rings (SSSR count). The number of halogens is 1. The molecule has 0 bridgehead atoms. The Morgan fingerprint density at radius 3 is 2.60 bits per heavy atom. The zero-order valence-corrected chi connectivity index (χ0v) is 11.8. The number of rotatable bonds is 4. The van der Waals surface area contributed by atoms with E-state index in [1.807, 2.05) is 12.1 Å². The molecule has 0 unspecified atom stereocenters. The monoisotopic (exact) mass is 290 g/mol. The highest BCUT2D eigenvalue weighted by atomic mass is 35.5. The molecule has 0 saturated carbocycles. The molecule has 0 aromatic heterocycles. The summed E-state index contributed by atoms with van der Waals surface area (Å²) in [7, 11) is 1.53. The lowest BCUT2D eigenvalue weighted by Crippen LogP contribution is -2.15. The van der Waals surface area contributed by atoms with Crippen LogP contribution in [0.5, 0.6) is 5.75 Å². The van der Waals surface area contributed by atoms with Gasteiger partial charge in [-0.2, -0.15) is 0 Å². The number of amides is 1. The molecule has 0 spiro atoms. The molecule has 20 heavy (non-hydrogen) atoms. The molecule has 0 aliphatic heterocycles. The molecule has 104 valence electrons. The Balaban J connectivity index is 2.06. The van der Waals surface area contributed by atoms with Gasteiger partial charge in [0.05, 0.1) is 19.2 Å². The first kappa shape index (κ1) is 14.2. The van der Waals surface area contributed by atoms with Crippen molar-refractivity contribution in [2.45, 2.75) is 6.42 Å². The summed E-state index contributed by atoms with van der Waals surface area (Å²) in [6.07, 6.45) is 0.269. The molecule has 2 aromatic rings. The van der Waals surface area contributed by atoms with Crippen LogP contribution in [-0.2, 0) is 11.2 Å². The smallest absolute Gasteiger partial charge is 0.228 e. The molecule has 5 heteroatoms. The van der Waals surface area contributed by atoms with Gasteiger partial charge >= 0.3 is 0 Å². The largest absolute Gasteiger partial charge is 0.494 e. The van der Waals surface area contributed by atoms with Crippen LogP contribution in [0.25, 0.3) is 0 Å². The maximum atomic E-state index is 12.0. The summed E-state index contributed by atoms with van der Waals surface area (Å²) in [5.41, 5.74) is 7.74. The van der Waals surface area contributed by atoms with Crippen LogP contribution in [0.15, 0.2) is 42.5 Å². The van der Waals surface area contributed by atoms with E-state index in [1.165, 1.54) is 7.11 Å². The number of nitrogens with one attached hydrogen (secondary N) is 1. The third kappa shape index (κ3) is 3.65. The number of carbonyl (C=O) groups excluding carboxylic acids is 1. The average Bonchev–Trinajstić information content (AvgIpc) is 2.43. The van der Waals surface area contributed by atoms with Gasteiger partial charge in [-0.15, -0.1) is 0 Å². The standard InChI is InChI=1S/C15H15ClN2O2/c1-20-14-9-12(17)6-7-13(14)18-15(19)8-10-2-4-11(16)5-3-10/h2-7,9H,8,17H2,1H3,(H,18,19). The van der Waals surface area contributed by atoms with Crippen LogP contribution in [0.3, 0.4) is 0 Å². The molecule has 0 fully saturated rings. The van der Waals surface area contributed by atoms with Gasteiger partial charge in [0.25, 0.3) is 0 Å². The normalized spacial score (nSPS) is 10.1.